The van der Waals surface area contributed by atoms with E-state index in [-0.39, 0.29) is 24.4 Å². The van der Waals surface area contributed by atoms with Crippen LogP contribution in [0.15, 0.2) is 54.6 Å². The van der Waals surface area contributed by atoms with Crippen LogP contribution in [-0.2, 0) is 0 Å². The number of urea groups is 1. The van der Waals surface area contributed by atoms with Crippen LogP contribution >= 0.6 is 0 Å². The number of benzene rings is 2. The Kier molecular flexibility index (Phi) is 6.56. The van der Waals surface area contributed by atoms with Gasteiger partial charge in [-0.15, -0.1) is 0 Å². The average Bonchev–Trinajstić information content (AvgIpc) is 2.57. The van der Waals surface area contributed by atoms with Gasteiger partial charge in [0, 0.05) is 18.8 Å². The third-order valence-corrected chi connectivity index (χ3v) is 3.63. The molecule has 2 aromatic carbocycles. The topological polar surface area (TPSA) is 61.4 Å². The molecule has 1 atom stereocenters. The highest BCUT2D eigenvalue weighted by molar-refractivity contribution is 5.89. The van der Waals surface area contributed by atoms with E-state index in [9.17, 15) is 14.3 Å². The van der Waals surface area contributed by atoms with E-state index in [1.807, 2.05) is 30.3 Å². The molecule has 0 saturated carbocycles. The number of rotatable bonds is 7. The van der Waals surface area contributed by atoms with Gasteiger partial charge in [0.25, 0.3) is 0 Å². The van der Waals surface area contributed by atoms with Crippen molar-refractivity contribution in [2.45, 2.75) is 18.8 Å². The number of hydrogen-bond donors (Lipinski definition) is 3. The lowest BCUT2D eigenvalue weighted by Gasteiger charge is -2.16. The maximum absolute atomic E-state index is 12.8. The van der Waals surface area contributed by atoms with Gasteiger partial charge in [0.1, 0.15) is 5.82 Å². The van der Waals surface area contributed by atoms with Gasteiger partial charge in [0.15, 0.2) is 0 Å². The predicted octanol–water partition coefficient (Wildman–Crippen LogP) is 3.50. The van der Waals surface area contributed by atoms with Crippen LogP contribution in [-0.4, -0.2) is 24.3 Å². The smallest absolute Gasteiger partial charge is 0.319 e. The highest BCUT2D eigenvalue weighted by Crippen LogP contribution is 2.22. The number of hydrogen-bond acceptors (Lipinski definition) is 2. The van der Waals surface area contributed by atoms with Crippen molar-refractivity contribution >= 4 is 11.7 Å². The van der Waals surface area contributed by atoms with Crippen molar-refractivity contribution in [3.8, 4) is 0 Å². The first-order chi connectivity index (χ1) is 11.2. The van der Waals surface area contributed by atoms with E-state index in [4.69, 9.17) is 0 Å². The van der Waals surface area contributed by atoms with Crippen molar-refractivity contribution in [1.82, 2.24) is 5.32 Å². The van der Waals surface area contributed by atoms with Gasteiger partial charge in [0.2, 0.25) is 0 Å². The van der Waals surface area contributed by atoms with Crippen molar-refractivity contribution in [3.05, 3.63) is 66.0 Å². The van der Waals surface area contributed by atoms with Gasteiger partial charge >= 0.3 is 6.03 Å². The maximum atomic E-state index is 12.8. The summed E-state index contributed by atoms with van der Waals surface area (Å²) in [5.41, 5.74) is 1.70. The second-order valence-corrected chi connectivity index (χ2v) is 5.30. The minimum absolute atomic E-state index is 0.112. The fraction of sp³-hybridized carbons (Fsp3) is 0.278. The average molecular weight is 316 g/mol. The summed E-state index contributed by atoms with van der Waals surface area (Å²) in [6.07, 6.45) is 1.40. The third-order valence-electron chi connectivity index (χ3n) is 3.63. The minimum Gasteiger partial charge on any atom is -0.396 e. The van der Waals surface area contributed by atoms with Crippen molar-refractivity contribution in [1.29, 1.82) is 0 Å². The fourth-order valence-electron chi connectivity index (χ4n) is 2.43. The molecule has 0 radical (unpaired) electrons. The summed E-state index contributed by atoms with van der Waals surface area (Å²) in [6.45, 7) is 0.605. The summed E-state index contributed by atoms with van der Waals surface area (Å²) in [7, 11) is 0. The highest BCUT2D eigenvalue weighted by atomic mass is 19.1. The van der Waals surface area contributed by atoms with E-state index in [1.165, 1.54) is 24.3 Å². The Balaban J connectivity index is 1.80. The van der Waals surface area contributed by atoms with Crippen LogP contribution in [0.1, 0.15) is 24.3 Å². The highest BCUT2D eigenvalue weighted by Gasteiger charge is 2.11. The number of halogens is 1. The summed E-state index contributed by atoms with van der Waals surface area (Å²) in [6, 6.07) is 15.2. The summed E-state index contributed by atoms with van der Waals surface area (Å²) >= 11 is 0. The molecule has 5 heteroatoms. The Morgan fingerprint density at radius 2 is 1.74 bits per heavy atom. The normalized spacial score (nSPS) is 11.7. The zero-order chi connectivity index (χ0) is 16.5. The Hall–Kier alpha value is -2.40. The van der Waals surface area contributed by atoms with Gasteiger partial charge in [-0.2, -0.15) is 0 Å². The first-order valence-electron chi connectivity index (χ1n) is 7.65. The van der Waals surface area contributed by atoms with Crippen LogP contribution in [0.4, 0.5) is 14.9 Å². The van der Waals surface area contributed by atoms with Crippen LogP contribution in [0, 0.1) is 5.82 Å². The summed E-state index contributed by atoms with van der Waals surface area (Å²) in [4.78, 5) is 11.8. The van der Waals surface area contributed by atoms with Gasteiger partial charge in [-0.3, -0.25) is 0 Å². The molecule has 122 valence electrons. The minimum atomic E-state index is -0.342. The molecule has 0 saturated heterocycles. The molecule has 23 heavy (non-hydrogen) atoms. The van der Waals surface area contributed by atoms with Crippen LogP contribution in [0.2, 0.25) is 0 Å². The van der Waals surface area contributed by atoms with Crippen molar-refractivity contribution in [2.24, 2.45) is 0 Å². The molecule has 0 bridgehead atoms. The number of amides is 2. The number of anilines is 1. The molecule has 0 aliphatic carbocycles. The molecule has 1 unspecified atom stereocenters. The molecular formula is C18H21FN2O2. The lowest BCUT2D eigenvalue weighted by atomic mass is 9.93. The molecule has 2 aromatic rings. The van der Waals surface area contributed by atoms with E-state index in [0.717, 1.165) is 12.0 Å². The molecule has 0 spiro atoms. The lowest BCUT2D eigenvalue weighted by Crippen LogP contribution is -2.30. The monoisotopic (exact) mass is 316 g/mol. The van der Waals surface area contributed by atoms with Gasteiger partial charge in [-0.1, -0.05) is 30.3 Å². The van der Waals surface area contributed by atoms with Gasteiger partial charge in [-0.05, 0) is 48.6 Å². The van der Waals surface area contributed by atoms with Gasteiger partial charge in [-0.25, -0.2) is 9.18 Å². The number of aliphatic hydroxyl groups excluding tert-OH is 1. The van der Waals surface area contributed by atoms with Crippen LogP contribution in [0.3, 0.4) is 0 Å². The van der Waals surface area contributed by atoms with E-state index in [2.05, 4.69) is 10.6 Å². The fourth-order valence-corrected chi connectivity index (χ4v) is 2.43. The van der Waals surface area contributed by atoms with Crippen molar-refractivity contribution in [3.63, 3.8) is 0 Å². The lowest BCUT2D eigenvalue weighted by molar-refractivity contribution is 0.250. The molecule has 2 rings (SSSR count). The predicted molar refractivity (Wildman–Crippen MR) is 88.9 cm³/mol. The SMILES string of the molecule is O=C(NCCC(CCO)c1ccccc1)Nc1ccc(F)cc1. The van der Waals surface area contributed by atoms with E-state index in [1.54, 1.807) is 0 Å². The zero-order valence-corrected chi connectivity index (χ0v) is 12.8. The van der Waals surface area contributed by atoms with E-state index in [0.29, 0.717) is 18.7 Å². The molecule has 0 aromatic heterocycles. The molecule has 4 nitrogen and oxygen atoms in total. The van der Waals surface area contributed by atoms with Gasteiger partial charge in [0.05, 0.1) is 0 Å². The molecular weight excluding hydrogens is 295 g/mol. The van der Waals surface area contributed by atoms with Crippen molar-refractivity contribution < 1.29 is 14.3 Å². The Labute approximate surface area is 135 Å². The summed E-state index contributed by atoms with van der Waals surface area (Å²) < 4.78 is 12.8. The molecule has 0 heterocycles. The molecule has 0 aliphatic heterocycles. The van der Waals surface area contributed by atoms with Crippen LogP contribution in [0.5, 0.6) is 0 Å². The van der Waals surface area contributed by atoms with Gasteiger partial charge < -0.3 is 15.7 Å². The quantitative estimate of drug-likeness (QED) is 0.732. The van der Waals surface area contributed by atoms with Crippen molar-refractivity contribution in [2.75, 3.05) is 18.5 Å². The Bertz CT molecular complexity index is 602. The summed E-state index contributed by atoms with van der Waals surface area (Å²) in [5, 5.41) is 14.6. The standard InChI is InChI=1S/C18H21FN2O2/c19-16-6-8-17(9-7-16)21-18(23)20-12-10-15(11-13-22)14-4-2-1-3-5-14/h1-9,15,22H,10-13H2,(H2,20,21,23). The molecule has 3 N–H and O–H groups in total. The Morgan fingerprint density at radius 1 is 1.04 bits per heavy atom. The zero-order valence-electron chi connectivity index (χ0n) is 12.8. The number of aliphatic hydroxyl groups is 1. The van der Waals surface area contributed by atoms with E-state index < -0.39 is 0 Å². The maximum Gasteiger partial charge on any atom is 0.319 e. The molecule has 0 fully saturated rings. The summed E-state index contributed by atoms with van der Waals surface area (Å²) in [5.74, 6) is -0.141. The van der Waals surface area contributed by atoms with Crippen LogP contribution < -0.4 is 10.6 Å². The second kappa shape index (κ2) is 8.90. The number of carbonyl (C=O) groups is 1. The first kappa shape index (κ1) is 17.0. The largest absolute Gasteiger partial charge is 0.396 e. The second-order valence-electron chi connectivity index (χ2n) is 5.30. The number of carbonyl (C=O) groups excluding carboxylic acids is 1. The number of nitrogens with one attached hydrogen (secondary N) is 2. The molecule has 2 amide bonds. The Morgan fingerprint density at radius 3 is 2.39 bits per heavy atom. The molecule has 0 aliphatic rings. The van der Waals surface area contributed by atoms with Crippen LogP contribution in [0.25, 0.3) is 0 Å². The third kappa shape index (κ3) is 5.71. The first-order valence-corrected chi connectivity index (χ1v) is 7.65. The van der Waals surface area contributed by atoms with E-state index >= 15 is 0 Å².